The van der Waals surface area contributed by atoms with E-state index >= 15 is 8.78 Å². The fraction of sp³-hybridized carbons (Fsp3) is 0.442. The molecule has 2 saturated carbocycles. The van der Waals surface area contributed by atoms with Crippen LogP contribution in [-0.4, -0.2) is 62.6 Å². The maximum Gasteiger partial charge on any atom is 0.407 e. The minimum Gasteiger partial charge on any atom is -0.453 e. The van der Waals surface area contributed by atoms with Gasteiger partial charge in [-0.2, -0.15) is 8.78 Å². The SMILES string of the molecule is COC(=O)N[C@H](C(=O)N1CC2(CC2)C[C@H]1c1ncc(-c2ccc3c(c2)C(F)(F)c2cc(-c4ccc5nc([C@@]6(C)N[C@@H]7CC[C@H]6C7)[nH]c5c4)ccc2-3)[nH]1)C(C)C. The molecule has 4 N–H and O–H groups in total. The molecular weight excluding hydrogens is 701 g/mol. The zero-order valence-corrected chi connectivity index (χ0v) is 31.4. The van der Waals surface area contributed by atoms with Gasteiger partial charge in [0.25, 0.3) is 5.92 Å². The lowest BCUT2D eigenvalue weighted by atomic mass is 9.85. The number of carbonyl (C=O) groups excluding carboxylic acids is 2. The van der Waals surface area contributed by atoms with Crippen molar-refractivity contribution in [3.63, 3.8) is 0 Å². The van der Waals surface area contributed by atoms with E-state index in [-0.39, 0.29) is 39.9 Å². The molecule has 5 aromatic rings. The third kappa shape index (κ3) is 5.34. The van der Waals surface area contributed by atoms with Gasteiger partial charge in [0.15, 0.2) is 0 Å². The maximum atomic E-state index is 16.5. The number of hydrogen-bond acceptors (Lipinski definition) is 6. The number of aromatic nitrogens is 4. The molecule has 55 heavy (non-hydrogen) atoms. The molecule has 2 aromatic heterocycles. The smallest absolute Gasteiger partial charge is 0.407 e. The van der Waals surface area contributed by atoms with Gasteiger partial charge in [-0.15, -0.1) is 0 Å². The van der Waals surface area contributed by atoms with Crippen LogP contribution in [-0.2, 0) is 21.0 Å². The number of benzene rings is 3. The Morgan fingerprint density at radius 1 is 0.964 bits per heavy atom. The highest BCUT2D eigenvalue weighted by Gasteiger charge is 2.55. The monoisotopic (exact) mass is 745 g/mol. The Labute approximate surface area is 317 Å². The van der Waals surface area contributed by atoms with Crippen LogP contribution in [0.4, 0.5) is 13.6 Å². The Hall–Kier alpha value is -5.10. The van der Waals surface area contributed by atoms with Gasteiger partial charge in [-0.1, -0.05) is 44.2 Å². The standard InChI is InChI=1S/C43H45F2N7O3/c1-22(2)36(50-40(54)55-4)38(53)52-21-42(13-14-42)19-35(52)37-46-20-34(47-37)25-6-11-29-28-10-5-23(15-30(28)43(44,45)31(29)16-25)24-7-12-32-33(17-24)49-39(48-32)41(3)26-8-9-27(18-26)51-41/h5-7,10-12,15-17,20,22,26-27,35-36,51H,8-9,13-14,18-19,21H2,1-4H3,(H,46,47)(H,48,49)(H,50,54)/t26-,27+,35-,36-,41-/m0/s1. The van der Waals surface area contributed by atoms with Crippen molar-refractivity contribution in [2.24, 2.45) is 17.3 Å². The van der Waals surface area contributed by atoms with Gasteiger partial charge in [0.1, 0.15) is 17.7 Å². The van der Waals surface area contributed by atoms with Gasteiger partial charge >= 0.3 is 6.09 Å². The van der Waals surface area contributed by atoms with E-state index in [0.717, 1.165) is 47.2 Å². The summed E-state index contributed by atoms with van der Waals surface area (Å²) in [5, 5.41) is 6.49. The zero-order chi connectivity index (χ0) is 38.0. The molecular formula is C43H45F2N7O3. The summed E-state index contributed by atoms with van der Waals surface area (Å²) < 4.78 is 37.7. The number of carbonyl (C=O) groups is 2. The van der Waals surface area contributed by atoms with Gasteiger partial charge in [0, 0.05) is 29.3 Å². The number of alkyl halides is 2. The number of likely N-dealkylation sites (tertiary alicyclic amines) is 1. The summed E-state index contributed by atoms with van der Waals surface area (Å²) in [4.78, 5) is 44.4. The number of alkyl carbamates (subject to hydrolysis) is 1. The van der Waals surface area contributed by atoms with Crippen molar-refractivity contribution in [1.29, 1.82) is 0 Å². The number of nitrogens with zero attached hydrogens (tertiary/aromatic N) is 3. The third-order valence-corrected chi connectivity index (χ3v) is 13.4. The molecule has 2 aliphatic heterocycles. The number of aromatic amines is 2. The molecule has 4 fully saturated rings. The molecule has 5 aliphatic rings. The highest BCUT2D eigenvalue weighted by Crippen LogP contribution is 2.59. The summed E-state index contributed by atoms with van der Waals surface area (Å²) in [6, 6.07) is 15.9. The molecule has 5 atom stereocenters. The number of imidazole rings is 2. The number of methoxy groups -OCH3 is 1. The average Bonchev–Trinajstić information content (AvgIpc) is 3.82. The number of piperidine rings is 1. The molecule has 10 nitrogen and oxygen atoms in total. The maximum absolute atomic E-state index is 16.5. The minimum absolute atomic E-state index is 0.0124. The fourth-order valence-corrected chi connectivity index (χ4v) is 10.0. The second kappa shape index (κ2) is 11.9. The molecule has 4 heterocycles. The van der Waals surface area contributed by atoms with Crippen LogP contribution in [0.25, 0.3) is 44.5 Å². The van der Waals surface area contributed by atoms with Gasteiger partial charge in [0.2, 0.25) is 5.91 Å². The van der Waals surface area contributed by atoms with Crippen LogP contribution < -0.4 is 10.6 Å². The van der Waals surface area contributed by atoms with E-state index in [1.165, 1.54) is 26.4 Å². The number of halogens is 2. The van der Waals surface area contributed by atoms with Crippen molar-refractivity contribution in [2.75, 3.05) is 13.7 Å². The molecule has 284 valence electrons. The summed E-state index contributed by atoms with van der Waals surface area (Å²) in [7, 11) is 1.28. The highest BCUT2D eigenvalue weighted by atomic mass is 19.3. The molecule has 12 heteroatoms. The number of fused-ring (bicyclic) bond motifs is 6. The Morgan fingerprint density at radius 3 is 2.35 bits per heavy atom. The summed E-state index contributed by atoms with van der Waals surface area (Å²) >= 11 is 0. The van der Waals surface area contributed by atoms with E-state index in [2.05, 4.69) is 27.5 Å². The van der Waals surface area contributed by atoms with E-state index in [0.29, 0.717) is 46.7 Å². The molecule has 1 spiro atoms. The van der Waals surface area contributed by atoms with Gasteiger partial charge in [-0.3, -0.25) is 4.79 Å². The number of ether oxygens (including phenoxy) is 1. The van der Waals surface area contributed by atoms with E-state index in [4.69, 9.17) is 14.7 Å². The molecule has 2 saturated heterocycles. The van der Waals surface area contributed by atoms with Crippen LogP contribution in [0, 0.1) is 17.3 Å². The van der Waals surface area contributed by atoms with Crippen molar-refractivity contribution < 1.29 is 23.1 Å². The van der Waals surface area contributed by atoms with Crippen LogP contribution >= 0.6 is 0 Å². The topological polar surface area (TPSA) is 128 Å². The first kappa shape index (κ1) is 34.4. The van der Waals surface area contributed by atoms with Crippen LogP contribution in [0.2, 0.25) is 0 Å². The first-order valence-corrected chi connectivity index (χ1v) is 19.5. The van der Waals surface area contributed by atoms with Crippen molar-refractivity contribution in [2.45, 2.75) is 88.9 Å². The van der Waals surface area contributed by atoms with E-state index < -0.39 is 18.1 Å². The Kier molecular flexibility index (Phi) is 7.47. The average molecular weight is 746 g/mol. The number of H-pyrrole nitrogens is 2. The van der Waals surface area contributed by atoms with E-state index in [1.54, 1.807) is 30.5 Å². The summed E-state index contributed by atoms with van der Waals surface area (Å²) in [5.74, 6) is -1.45. The number of amides is 2. The summed E-state index contributed by atoms with van der Waals surface area (Å²) in [6.07, 6.45) is 7.39. The summed E-state index contributed by atoms with van der Waals surface area (Å²) in [6.45, 7) is 6.59. The number of nitrogens with one attached hydrogen (secondary N) is 4. The molecule has 3 aromatic carbocycles. The van der Waals surface area contributed by atoms with Crippen molar-refractivity contribution in [3.05, 3.63) is 83.6 Å². The second-order valence-corrected chi connectivity index (χ2v) is 17.2. The highest BCUT2D eigenvalue weighted by molar-refractivity contribution is 5.88. The quantitative estimate of drug-likeness (QED) is 0.133. The van der Waals surface area contributed by atoms with Gasteiger partial charge in [-0.25, -0.2) is 14.8 Å². The molecule has 2 amide bonds. The van der Waals surface area contributed by atoms with Crippen LogP contribution in [0.15, 0.2) is 60.8 Å². The van der Waals surface area contributed by atoms with Gasteiger partial charge < -0.3 is 30.2 Å². The minimum atomic E-state index is -3.21. The first-order chi connectivity index (χ1) is 26.4. The van der Waals surface area contributed by atoms with Crippen molar-refractivity contribution >= 4 is 23.0 Å². The lowest BCUT2D eigenvalue weighted by molar-refractivity contribution is -0.135. The first-order valence-electron chi connectivity index (χ1n) is 19.5. The zero-order valence-electron chi connectivity index (χ0n) is 31.4. The fourth-order valence-electron chi connectivity index (χ4n) is 10.0. The Bertz CT molecular complexity index is 2400. The predicted molar refractivity (Wildman–Crippen MR) is 204 cm³/mol. The number of rotatable bonds is 7. The normalized spacial score (nSPS) is 25.8. The molecule has 0 unspecified atom stereocenters. The van der Waals surface area contributed by atoms with E-state index in [1.807, 2.05) is 49.1 Å². The van der Waals surface area contributed by atoms with Crippen molar-refractivity contribution in [3.8, 4) is 33.5 Å². The molecule has 2 bridgehead atoms. The lowest BCUT2D eigenvalue weighted by Gasteiger charge is -2.33. The van der Waals surface area contributed by atoms with Gasteiger partial charge in [-0.05, 0) is 109 Å². The van der Waals surface area contributed by atoms with Crippen LogP contribution in [0.5, 0.6) is 0 Å². The van der Waals surface area contributed by atoms with Crippen molar-refractivity contribution in [1.82, 2.24) is 35.5 Å². The van der Waals surface area contributed by atoms with E-state index in [9.17, 15) is 9.59 Å². The Balaban J connectivity index is 0.918. The number of hydrogen-bond donors (Lipinski definition) is 4. The second-order valence-electron chi connectivity index (χ2n) is 17.2. The third-order valence-electron chi connectivity index (χ3n) is 13.4. The van der Waals surface area contributed by atoms with Crippen LogP contribution in [0.3, 0.4) is 0 Å². The summed E-state index contributed by atoms with van der Waals surface area (Å²) in [5.41, 5.74) is 5.36. The molecule has 3 aliphatic carbocycles. The van der Waals surface area contributed by atoms with Crippen LogP contribution in [0.1, 0.15) is 88.1 Å². The Morgan fingerprint density at radius 2 is 1.67 bits per heavy atom. The largest absolute Gasteiger partial charge is 0.453 e. The molecule has 0 radical (unpaired) electrons. The lowest BCUT2D eigenvalue weighted by Crippen LogP contribution is -2.51. The predicted octanol–water partition coefficient (Wildman–Crippen LogP) is 8.16. The molecule has 10 rings (SSSR count). The van der Waals surface area contributed by atoms with Gasteiger partial charge in [0.05, 0.1) is 41.6 Å².